The first-order chi connectivity index (χ1) is 6.24. The van der Waals surface area contributed by atoms with Gasteiger partial charge in [0.2, 0.25) is 0 Å². The molecule has 0 N–H and O–H groups in total. The molecule has 0 spiro atoms. The second-order valence-electron chi connectivity index (χ2n) is 3.64. The van der Waals surface area contributed by atoms with E-state index in [0.29, 0.717) is 0 Å². The third kappa shape index (κ3) is 1.72. The molecule has 0 aromatic rings. The van der Waals surface area contributed by atoms with Crippen molar-refractivity contribution in [1.82, 2.24) is 4.90 Å². The normalized spacial score (nSPS) is 23.8. The van der Waals surface area contributed by atoms with Crippen molar-refractivity contribution in [2.45, 2.75) is 18.9 Å². The number of methoxy groups -OCH3 is 1. The van der Waals surface area contributed by atoms with Gasteiger partial charge >= 0.3 is 5.97 Å². The van der Waals surface area contributed by atoms with Crippen LogP contribution in [-0.2, 0) is 14.3 Å². The summed E-state index contributed by atoms with van der Waals surface area (Å²) in [5.41, 5.74) is 0. The summed E-state index contributed by atoms with van der Waals surface area (Å²) < 4.78 is 4.61. The van der Waals surface area contributed by atoms with Crippen LogP contribution in [-0.4, -0.2) is 42.9 Å². The summed E-state index contributed by atoms with van der Waals surface area (Å²) in [5.74, 6) is -0.205. The van der Waals surface area contributed by atoms with Gasteiger partial charge in [-0.1, -0.05) is 0 Å². The number of carbonyl (C=O) groups is 2. The van der Waals surface area contributed by atoms with Crippen molar-refractivity contribution in [1.29, 1.82) is 0 Å². The Morgan fingerprint density at radius 1 is 1.38 bits per heavy atom. The SMILES string of the molecule is COC(=O)C(C(=O)C1CC1)N1CC1. The lowest BCUT2D eigenvalue weighted by atomic mass is 10.1. The van der Waals surface area contributed by atoms with Crippen molar-refractivity contribution in [3.63, 3.8) is 0 Å². The molecule has 0 amide bonds. The number of rotatable bonds is 4. The van der Waals surface area contributed by atoms with Crippen molar-refractivity contribution in [2.24, 2.45) is 5.92 Å². The highest BCUT2D eigenvalue weighted by Crippen LogP contribution is 2.33. The van der Waals surface area contributed by atoms with Crippen molar-refractivity contribution in [2.75, 3.05) is 20.2 Å². The number of nitrogens with zero attached hydrogens (tertiary/aromatic N) is 1. The molecular formula is C9H13NO3. The van der Waals surface area contributed by atoms with E-state index in [-0.39, 0.29) is 11.7 Å². The lowest BCUT2D eigenvalue weighted by molar-refractivity contribution is -0.149. The zero-order chi connectivity index (χ0) is 9.42. The third-order valence-electron chi connectivity index (χ3n) is 2.52. The van der Waals surface area contributed by atoms with Gasteiger partial charge in [0.1, 0.15) is 0 Å². The highest BCUT2D eigenvalue weighted by atomic mass is 16.5. The van der Waals surface area contributed by atoms with Crippen LogP contribution in [0.2, 0.25) is 0 Å². The van der Waals surface area contributed by atoms with E-state index in [1.807, 2.05) is 4.90 Å². The Morgan fingerprint density at radius 3 is 2.38 bits per heavy atom. The lowest BCUT2D eigenvalue weighted by Gasteiger charge is -2.13. The summed E-state index contributed by atoms with van der Waals surface area (Å²) in [4.78, 5) is 24.8. The first-order valence-corrected chi connectivity index (χ1v) is 4.59. The molecule has 72 valence electrons. The van der Waals surface area contributed by atoms with Gasteiger partial charge in [-0.3, -0.25) is 9.69 Å². The number of hydrogen-bond acceptors (Lipinski definition) is 4. The van der Waals surface area contributed by atoms with Crippen molar-refractivity contribution in [3.8, 4) is 0 Å². The summed E-state index contributed by atoms with van der Waals surface area (Å²) in [5, 5.41) is 0. The minimum absolute atomic E-state index is 0.0596. The average molecular weight is 183 g/mol. The third-order valence-corrected chi connectivity index (χ3v) is 2.52. The monoisotopic (exact) mass is 183 g/mol. The van der Waals surface area contributed by atoms with Gasteiger partial charge < -0.3 is 4.74 Å². The lowest BCUT2D eigenvalue weighted by Crippen LogP contribution is -2.39. The Bertz CT molecular complexity index is 243. The number of carbonyl (C=O) groups excluding carboxylic acids is 2. The maximum absolute atomic E-state index is 11.6. The van der Waals surface area contributed by atoms with Crippen molar-refractivity contribution >= 4 is 11.8 Å². The maximum atomic E-state index is 11.6. The van der Waals surface area contributed by atoms with Crippen LogP contribution in [0, 0.1) is 5.92 Å². The first kappa shape index (κ1) is 8.69. The van der Waals surface area contributed by atoms with E-state index in [4.69, 9.17) is 0 Å². The predicted molar refractivity (Wildman–Crippen MR) is 45.1 cm³/mol. The molecule has 1 aliphatic heterocycles. The zero-order valence-electron chi connectivity index (χ0n) is 7.66. The molecule has 1 heterocycles. The Labute approximate surface area is 76.8 Å². The topological polar surface area (TPSA) is 46.4 Å². The molecule has 0 radical (unpaired) electrons. The molecule has 2 aliphatic rings. The van der Waals surface area contributed by atoms with Gasteiger partial charge in [-0.2, -0.15) is 0 Å². The Balaban J connectivity index is 2.03. The van der Waals surface area contributed by atoms with Gasteiger partial charge in [0, 0.05) is 19.0 Å². The van der Waals surface area contributed by atoms with E-state index in [2.05, 4.69) is 4.74 Å². The van der Waals surface area contributed by atoms with E-state index >= 15 is 0 Å². The van der Waals surface area contributed by atoms with Crippen molar-refractivity contribution in [3.05, 3.63) is 0 Å². The smallest absolute Gasteiger partial charge is 0.330 e. The summed E-state index contributed by atoms with van der Waals surface area (Å²) in [6, 6.07) is -0.600. The van der Waals surface area contributed by atoms with Crippen LogP contribution < -0.4 is 0 Å². The Kier molecular flexibility index (Phi) is 2.07. The number of esters is 1. The Morgan fingerprint density at radius 2 is 2.00 bits per heavy atom. The molecule has 0 bridgehead atoms. The molecule has 1 aliphatic carbocycles. The molecule has 2 rings (SSSR count). The van der Waals surface area contributed by atoms with E-state index in [1.165, 1.54) is 7.11 Å². The van der Waals surface area contributed by atoms with Gasteiger partial charge in [0.05, 0.1) is 7.11 Å². The number of ether oxygens (including phenoxy) is 1. The average Bonchev–Trinajstić information content (AvgIpc) is 2.96. The quantitative estimate of drug-likeness (QED) is 0.344. The highest BCUT2D eigenvalue weighted by molar-refractivity contribution is 6.05. The van der Waals surface area contributed by atoms with Crippen LogP contribution in [0.1, 0.15) is 12.8 Å². The van der Waals surface area contributed by atoms with E-state index < -0.39 is 12.0 Å². The molecule has 4 heteroatoms. The molecule has 0 aromatic heterocycles. The number of ketones is 1. The second-order valence-corrected chi connectivity index (χ2v) is 3.64. The van der Waals surface area contributed by atoms with Crippen LogP contribution in [0.4, 0.5) is 0 Å². The Hall–Kier alpha value is -0.900. The molecule has 1 atom stereocenters. The van der Waals surface area contributed by atoms with Crippen LogP contribution >= 0.6 is 0 Å². The first-order valence-electron chi connectivity index (χ1n) is 4.59. The molecule has 0 aromatic carbocycles. The van der Waals surface area contributed by atoms with Crippen LogP contribution in [0.3, 0.4) is 0 Å². The molecule has 1 saturated heterocycles. The summed E-state index contributed by atoms with van der Waals surface area (Å²) in [6.07, 6.45) is 1.89. The minimum Gasteiger partial charge on any atom is -0.468 e. The fraction of sp³-hybridized carbons (Fsp3) is 0.778. The fourth-order valence-electron chi connectivity index (χ4n) is 1.46. The van der Waals surface area contributed by atoms with Gasteiger partial charge in [-0.25, -0.2) is 4.79 Å². The summed E-state index contributed by atoms with van der Waals surface area (Å²) >= 11 is 0. The molecule has 13 heavy (non-hydrogen) atoms. The molecule has 1 saturated carbocycles. The van der Waals surface area contributed by atoms with E-state index in [1.54, 1.807) is 0 Å². The van der Waals surface area contributed by atoms with Gasteiger partial charge in [-0.05, 0) is 12.8 Å². The zero-order valence-corrected chi connectivity index (χ0v) is 7.66. The van der Waals surface area contributed by atoms with Crippen LogP contribution in [0.15, 0.2) is 0 Å². The van der Waals surface area contributed by atoms with E-state index in [0.717, 1.165) is 25.9 Å². The molecule has 4 nitrogen and oxygen atoms in total. The van der Waals surface area contributed by atoms with Gasteiger partial charge in [0.25, 0.3) is 0 Å². The predicted octanol–water partition coefficient (Wildman–Crippen LogP) is -0.177. The van der Waals surface area contributed by atoms with E-state index in [9.17, 15) is 9.59 Å². The molecule has 2 fully saturated rings. The fourth-order valence-corrected chi connectivity index (χ4v) is 1.46. The largest absolute Gasteiger partial charge is 0.468 e. The minimum atomic E-state index is -0.600. The van der Waals surface area contributed by atoms with Crippen LogP contribution in [0.5, 0.6) is 0 Å². The molecule has 1 unspecified atom stereocenters. The van der Waals surface area contributed by atoms with Gasteiger partial charge in [-0.15, -0.1) is 0 Å². The van der Waals surface area contributed by atoms with Crippen molar-refractivity contribution < 1.29 is 14.3 Å². The number of hydrogen-bond donors (Lipinski definition) is 0. The summed E-state index contributed by atoms with van der Waals surface area (Å²) in [7, 11) is 1.33. The second kappa shape index (κ2) is 3.10. The van der Waals surface area contributed by atoms with Crippen LogP contribution in [0.25, 0.3) is 0 Å². The summed E-state index contributed by atoms with van der Waals surface area (Å²) in [6.45, 7) is 1.69. The molecular weight excluding hydrogens is 170 g/mol. The number of Topliss-reactive ketones (excluding diaryl/α,β-unsaturated/α-hetero) is 1. The standard InChI is InChI=1S/C9H13NO3/c1-13-9(12)7(10-4-5-10)8(11)6-2-3-6/h6-7H,2-5H2,1H3. The highest BCUT2D eigenvalue weighted by Gasteiger charge is 2.45. The maximum Gasteiger partial charge on any atom is 0.330 e. The van der Waals surface area contributed by atoms with Gasteiger partial charge in [0.15, 0.2) is 11.8 Å².